The molecule has 2 atom stereocenters. The van der Waals surface area contributed by atoms with Crippen LogP contribution in [-0.4, -0.2) is 67.9 Å². The molecular formula is C20H27F3N2O5S. The van der Waals surface area contributed by atoms with Crippen LogP contribution in [0.5, 0.6) is 0 Å². The Balaban J connectivity index is 1.58. The molecule has 174 valence electrons. The van der Waals surface area contributed by atoms with E-state index in [9.17, 15) is 26.4 Å². The summed E-state index contributed by atoms with van der Waals surface area (Å²) in [6.07, 6.45) is -5.04. The summed E-state index contributed by atoms with van der Waals surface area (Å²) in [6, 6.07) is 7.89. The summed E-state index contributed by atoms with van der Waals surface area (Å²) in [5.41, 5.74) is -0.359. The molecule has 0 radical (unpaired) electrons. The topological polar surface area (TPSA) is 95.9 Å². The number of halogens is 3. The van der Waals surface area contributed by atoms with Crippen molar-refractivity contribution in [1.29, 1.82) is 0 Å². The molecule has 31 heavy (non-hydrogen) atoms. The number of carbonyl (C=O) groups excluding carboxylic acids is 1. The number of alkyl halides is 3. The predicted octanol–water partition coefficient (Wildman–Crippen LogP) is 2.06. The van der Waals surface area contributed by atoms with E-state index in [1.165, 1.54) is 4.31 Å². The number of aliphatic hydroxyl groups excluding tert-OH is 1. The maximum absolute atomic E-state index is 12.9. The Morgan fingerprint density at radius 3 is 2.45 bits per heavy atom. The zero-order valence-corrected chi connectivity index (χ0v) is 18.0. The number of esters is 1. The van der Waals surface area contributed by atoms with E-state index in [1.807, 2.05) is 0 Å². The lowest BCUT2D eigenvalue weighted by Gasteiger charge is -2.37. The number of sulfonamides is 1. The number of nitrogens with one attached hydrogen (secondary N) is 1. The van der Waals surface area contributed by atoms with Crippen molar-refractivity contribution in [2.75, 3.05) is 20.2 Å². The largest absolute Gasteiger partial charge is 0.450 e. The summed E-state index contributed by atoms with van der Waals surface area (Å²) < 4.78 is 69.8. The number of hydrogen-bond acceptors (Lipinski definition) is 6. The highest BCUT2D eigenvalue weighted by atomic mass is 32.2. The number of ether oxygens (including phenoxy) is 1. The van der Waals surface area contributed by atoms with Crippen LogP contribution in [0.1, 0.15) is 32.1 Å². The third-order valence-corrected chi connectivity index (χ3v) is 8.26. The predicted molar refractivity (Wildman–Crippen MR) is 106 cm³/mol. The molecule has 3 rings (SSSR count). The van der Waals surface area contributed by atoms with E-state index in [2.05, 4.69) is 10.1 Å². The van der Waals surface area contributed by atoms with Gasteiger partial charge in [-0.1, -0.05) is 18.2 Å². The van der Waals surface area contributed by atoms with Gasteiger partial charge in [-0.2, -0.15) is 17.5 Å². The molecule has 1 aromatic rings. The fraction of sp³-hybridized carbons (Fsp3) is 0.650. The molecule has 1 heterocycles. The monoisotopic (exact) mass is 464 g/mol. The van der Waals surface area contributed by atoms with Crippen LogP contribution in [0.3, 0.4) is 0 Å². The van der Waals surface area contributed by atoms with Crippen molar-refractivity contribution in [3.8, 4) is 0 Å². The first kappa shape index (κ1) is 24.0. The third kappa shape index (κ3) is 5.21. The Kier molecular flexibility index (Phi) is 6.99. The van der Waals surface area contributed by atoms with Crippen molar-refractivity contribution in [3.63, 3.8) is 0 Å². The van der Waals surface area contributed by atoms with E-state index >= 15 is 0 Å². The number of rotatable bonds is 6. The molecule has 1 saturated heterocycles. The van der Waals surface area contributed by atoms with Crippen LogP contribution < -0.4 is 5.32 Å². The fourth-order valence-corrected chi connectivity index (χ4v) is 5.75. The maximum Gasteiger partial charge on any atom is 0.427 e. The quantitative estimate of drug-likeness (QED) is 0.626. The lowest BCUT2D eigenvalue weighted by Crippen LogP contribution is -2.45. The first-order valence-corrected chi connectivity index (χ1v) is 11.6. The molecule has 7 nitrogen and oxygen atoms in total. The summed E-state index contributed by atoms with van der Waals surface area (Å²) in [5.74, 6) is -1.63. The van der Waals surface area contributed by atoms with Crippen molar-refractivity contribution >= 4 is 16.0 Å². The molecule has 1 aliphatic heterocycles. The van der Waals surface area contributed by atoms with Crippen LogP contribution in [0.15, 0.2) is 35.2 Å². The van der Waals surface area contributed by atoms with Gasteiger partial charge in [0, 0.05) is 25.2 Å². The molecule has 2 aliphatic rings. The van der Waals surface area contributed by atoms with Crippen LogP contribution >= 0.6 is 0 Å². The molecule has 1 aromatic carbocycles. The van der Waals surface area contributed by atoms with E-state index in [-0.39, 0.29) is 16.5 Å². The van der Waals surface area contributed by atoms with Gasteiger partial charge in [-0.25, -0.2) is 8.42 Å². The van der Waals surface area contributed by atoms with Gasteiger partial charge in [-0.3, -0.25) is 4.79 Å². The highest BCUT2D eigenvalue weighted by Crippen LogP contribution is 2.40. The SMILES string of the molecule is CN([C@H]1CNC2(CCC(C(=O)O[C@H](CO)C(F)(F)F)CC2)C1)S(=O)(=O)c1ccccc1. The molecule has 2 N–H and O–H groups in total. The highest BCUT2D eigenvalue weighted by molar-refractivity contribution is 7.89. The van der Waals surface area contributed by atoms with Gasteiger partial charge in [-0.15, -0.1) is 0 Å². The minimum atomic E-state index is -4.81. The lowest BCUT2D eigenvalue weighted by atomic mass is 9.75. The van der Waals surface area contributed by atoms with Crippen LogP contribution in [-0.2, 0) is 19.6 Å². The van der Waals surface area contributed by atoms with Crippen molar-refractivity contribution < 1.29 is 36.2 Å². The molecule has 0 amide bonds. The smallest absolute Gasteiger partial charge is 0.427 e. The van der Waals surface area contributed by atoms with E-state index in [4.69, 9.17) is 5.11 Å². The second-order valence-corrected chi connectivity index (χ2v) is 10.3. The number of hydrogen-bond donors (Lipinski definition) is 2. The number of likely N-dealkylation sites (N-methyl/N-ethyl adjacent to an activating group) is 1. The second-order valence-electron chi connectivity index (χ2n) is 8.28. The summed E-state index contributed by atoms with van der Waals surface area (Å²) in [7, 11) is -2.10. The van der Waals surface area contributed by atoms with Crippen LogP contribution in [0.25, 0.3) is 0 Å². The zero-order valence-electron chi connectivity index (χ0n) is 17.1. The lowest BCUT2D eigenvalue weighted by molar-refractivity contribution is -0.231. The van der Waals surface area contributed by atoms with E-state index in [0.29, 0.717) is 38.6 Å². The van der Waals surface area contributed by atoms with Crippen LogP contribution in [0, 0.1) is 5.92 Å². The minimum absolute atomic E-state index is 0.216. The molecule has 1 saturated carbocycles. The molecule has 2 fully saturated rings. The average Bonchev–Trinajstić information content (AvgIpc) is 3.14. The van der Waals surface area contributed by atoms with Gasteiger partial charge in [-0.05, 0) is 44.2 Å². The van der Waals surface area contributed by atoms with Crippen molar-refractivity contribution in [3.05, 3.63) is 30.3 Å². The Hall–Kier alpha value is -1.69. The Morgan fingerprint density at radius 1 is 1.29 bits per heavy atom. The van der Waals surface area contributed by atoms with Gasteiger partial charge < -0.3 is 15.2 Å². The van der Waals surface area contributed by atoms with Crippen molar-refractivity contribution in [2.45, 2.75) is 60.9 Å². The molecule has 1 aliphatic carbocycles. The summed E-state index contributed by atoms with van der Waals surface area (Å²) in [5, 5.41) is 12.2. The first-order valence-electron chi connectivity index (χ1n) is 10.1. The molecular weight excluding hydrogens is 437 g/mol. The van der Waals surface area contributed by atoms with Gasteiger partial charge in [0.2, 0.25) is 16.1 Å². The number of carbonyl (C=O) groups is 1. The summed E-state index contributed by atoms with van der Waals surface area (Å²) in [6.45, 7) is -0.851. The van der Waals surface area contributed by atoms with Crippen LogP contribution in [0.4, 0.5) is 13.2 Å². The van der Waals surface area contributed by atoms with Crippen molar-refractivity contribution in [2.24, 2.45) is 5.92 Å². The van der Waals surface area contributed by atoms with Gasteiger partial charge >= 0.3 is 12.1 Å². The Morgan fingerprint density at radius 2 is 1.90 bits per heavy atom. The molecule has 1 spiro atoms. The van der Waals surface area contributed by atoms with Gasteiger partial charge in [0.05, 0.1) is 17.4 Å². The molecule has 0 bridgehead atoms. The molecule has 0 aromatic heterocycles. The number of nitrogens with zero attached hydrogens (tertiary/aromatic N) is 1. The molecule has 11 heteroatoms. The van der Waals surface area contributed by atoms with E-state index < -0.39 is 40.8 Å². The highest BCUT2D eigenvalue weighted by Gasteiger charge is 2.47. The first-order chi connectivity index (χ1) is 14.5. The van der Waals surface area contributed by atoms with Crippen molar-refractivity contribution in [1.82, 2.24) is 9.62 Å². The fourth-order valence-electron chi connectivity index (χ4n) is 4.37. The van der Waals surface area contributed by atoms with Crippen LogP contribution in [0.2, 0.25) is 0 Å². The Bertz CT molecular complexity index is 871. The normalized spacial score (nSPS) is 28.1. The minimum Gasteiger partial charge on any atom is -0.450 e. The molecule has 0 unspecified atom stereocenters. The second kappa shape index (κ2) is 9.05. The summed E-state index contributed by atoms with van der Waals surface area (Å²) in [4.78, 5) is 12.4. The number of benzene rings is 1. The van der Waals surface area contributed by atoms with E-state index in [0.717, 1.165) is 0 Å². The summed E-state index contributed by atoms with van der Waals surface area (Å²) >= 11 is 0. The van der Waals surface area contributed by atoms with Gasteiger partial charge in [0.1, 0.15) is 0 Å². The number of aliphatic hydroxyl groups is 1. The van der Waals surface area contributed by atoms with Gasteiger partial charge in [0.25, 0.3) is 0 Å². The Labute approximate surface area is 179 Å². The maximum atomic E-state index is 12.9. The third-order valence-electron chi connectivity index (χ3n) is 6.34. The van der Waals surface area contributed by atoms with E-state index in [1.54, 1.807) is 37.4 Å². The zero-order chi connectivity index (χ0) is 22.9. The standard InChI is InChI=1S/C20H27F3N2O5S/c1-25(31(28,29)16-5-3-2-4-6-16)15-11-19(24-12-15)9-7-14(8-10-19)18(27)30-17(13-26)20(21,22)23/h2-6,14-15,17,24,26H,7-13H2,1H3/t14?,15-,17-,19?/m1/s1. The average molecular weight is 465 g/mol. The van der Waals surface area contributed by atoms with Gasteiger partial charge in [0.15, 0.2) is 0 Å².